The lowest BCUT2D eigenvalue weighted by molar-refractivity contribution is -0.136. The van der Waals surface area contributed by atoms with Gasteiger partial charge in [0.05, 0.1) is 0 Å². The Hall–Kier alpha value is -1.84. The van der Waals surface area contributed by atoms with Crippen LogP contribution in [0.1, 0.15) is 39.2 Å². The second kappa shape index (κ2) is 6.79. The molecule has 4 heteroatoms. The molecule has 0 heterocycles. The van der Waals surface area contributed by atoms with Gasteiger partial charge in [0.15, 0.2) is 11.5 Å². The maximum absolute atomic E-state index is 11.4. The standard InChI is InChI=1S/C14H18O4/c1-4-10-8-7-9-11(17-12(15)5-2)14(10)18-13(16)6-3/h7-9H,4-6H2,1-3H3. The number of ether oxygens (including phenoxy) is 2. The lowest BCUT2D eigenvalue weighted by atomic mass is 10.1. The van der Waals surface area contributed by atoms with Gasteiger partial charge >= 0.3 is 11.9 Å². The smallest absolute Gasteiger partial charge is 0.311 e. The molecule has 0 bridgehead atoms. The minimum Gasteiger partial charge on any atom is -0.423 e. The van der Waals surface area contributed by atoms with Crippen molar-refractivity contribution in [2.75, 3.05) is 0 Å². The number of carbonyl (C=O) groups is 2. The summed E-state index contributed by atoms with van der Waals surface area (Å²) >= 11 is 0. The van der Waals surface area contributed by atoms with Crippen LogP contribution >= 0.6 is 0 Å². The Labute approximate surface area is 107 Å². The molecule has 0 aliphatic heterocycles. The third kappa shape index (κ3) is 3.58. The molecule has 4 nitrogen and oxygen atoms in total. The van der Waals surface area contributed by atoms with E-state index >= 15 is 0 Å². The third-order valence-corrected chi connectivity index (χ3v) is 2.46. The number of esters is 2. The van der Waals surface area contributed by atoms with Crippen molar-refractivity contribution in [3.63, 3.8) is 0 Å². The molecule has 1 aromatic carbocycles. The van der Waals surface area contributed by atoms with E-state index in [1.807, 2.05) is 13.0 Å². The topological polar surface area (TPSA) is 52.6 Å². The number of rotatable bonds is 5. The molecular weight excluding hydrogens is 232 g/mol. The Morgan fingerprint density at radius 3 is 2.17 bits per heavy atom. The highest BCUT2D eigenvalue weighted by atomic mass is 16.6. The van der Waals surface area contributed by atoms with E-state index in [0.29, 0.717) is 17.9 Å². The molecule has 18 heavy (non-hydrogen) atoms. The van der Waals surface area contributed by atoms with Crippen LogP contribution in [-0.2, 0) is 16.0 Å². The van der Waals surface area contributed by atoms with Gasteiger partial charge < -0.3 is 9.47 Å². The second-order valence-electron chi connectivity index (χ2n) is 3.75. The number of hydrogen-bond donors (Lipinski definition) is 0. The van der Waals surface area contributed by atoms with E-state index in [0.717, 1.165) is 5.56 Å². The molecule has 0 aromatic heterocycles. The summed E-state index contributed by atoms with van der Waals surface area (Å²) in [6.45, 7) is 5.38. The van der Waals surface area contributed by atoms with Crippen LogP contribution in [0.25, 0.3) is 0 Å². The molecule has 98 valence electrons. The van der Waals surface area contributed by atoms with Crippen LogP contribution in [0.15, 0.2) is 18.2 Å². The molecule has 1 rings (SSSR count). The van der Waals surface area contributed by atoms with Crippen molar-refractivity contribution in [1.29, 1.82) is 0 Å². The maximum atomic E-state index is 11.4. The van der Waals surface area contributed by atoms with Gasteiger partial charge in [-0.2, -0.15) is 0 Å². The fourth-order valence-corrected chi connectivity index (χ4v) is 1.42. The van der Waals surface area contributed by atoms with E-state index in [1.54, 1.807) is 26.0 Å². The lowest BCUT2D eigenvalue weighted by Crippen LogP contribution is -2.11. The SMILES string of the molecule is CCC(=O)Oc1cccc(CC)c1OC(=O)CC. The van der Waals surface area contributed by atoms with Gasteiger partial charge in [-0.05, 0) is 18.1 Å². The van der Waals surface area contributed by atoms with Crippen LogP contribution in [0.2, 0.25) is 0 Å². The summed E-state index contributed by atoms with van der Waals surface area (Å²) in [5, 5.41) is 0. The summed E-state index contributed by atoms with van der Waals surface area (Å²) in [5.74, 6) is -0.0293. The number of hydrogen-bond acceptors (Lipinski definition) is 4. The predicted octanol–water partition coefficient (Wildman–Crippen LogP) is 2.88. The Balaban J connectivity index is 3.07. The van der Waals surface area contributed by atoms with E-state index in [9.17, 15) is 9.59 Å². The van der Waals surface area contributed by atoms with Crippen molar-refractivity contribution in [2.24, 2.45) is 0 Å². The summed E-state index contributed by atoms with van der Waals surface area (Å²) in [6.07, 6.45) is 1.25. The molecule has 0 amide bonds. The van der Waals surface area contributed by atoms with Crippen LogP contribution in [0.3, 0.4) is 0 Å². The van der Waals surface area contributed by atoms with E-state index in [4.69, 9.17) is 9.47 Å². The van der Waals surface area contributed by atoms with Crippen LogP contribution in [0, 0.1) is 0 Å². The maximum Gasteiger partial charge on any atom is 0.311 e. The number of aryl methyl sites for hydroxylation is 1. The van der Waals surface area contributed by atoms with Gasteiger partial charge in [0.2, 0.25) is 0 Å². The van der Waals surface area contributed by atoms with Crippen molar-refractivity contribution in [2.45, 2.75) is 40.0 Å². The number of para-hydroxylation sites is 1. The molecule has 0 saturated carbocycles. The lowest BCUT2D eigenvalue weighted by Gasteiger charge is -2.13. The highest BCUT2D eigenvalue weighted by Gasteiger charge is 2.15. The first-order chi connectivity index (χ1) is 8.62. The Kier molecular flexibility index (Phi) is 5.36. The molecular formula is C14H18O4. The highest BCUT2D eigenvalue weighted by molar-refractivity contribution is 5.76. The first-order valence-corrected chi connectivity index (χ1v) is 6.15. The Morgan fingerprint density at radius 2 is 1.61 bits per heavy atom. The molecule has 0 spiro atoms. The first-order valence-electron chi connectivity index (χ1n) is 6.15. The zero-order valence-corrected chi connectivity index (χ0v) is 11.0. The van der Waals surface area contributed by atoms with E-state index in [2.05, 4.69) is 0 Å². The van der Waals surface area contributed by atoms with Crippen molar-refractivity contribution in [3.8, 4) is 11.5 Å². The minimum absolute atomic E-state index is 0.275. The van der Waals surface area contributed by atoms with Gasteiger partial charge in [0.1, 0.15) is 0 Å². The van der Waals surface area contributed by atoms with Gasteiger partial charge in [-0.15, -0.1) is 0 Å². The number of benzene rings is 1. The fourth-order valence-electron chi connectivity index (χ4n) is 1.42. The van der Waals surface area contributed by atoms with Crippen molar-refractivity contribution >= 4 is 11.9 Å². The predicted molar refractivity (Wildman–Crippen MR) is 67.7 cm³/mol. The minimum atomic E-state index is -0.350. The third-order valence-electron chi connectivity index (χ3n) is 2.46. The summed E-state index contributed by atoms with van der Waals surface area (Å²) < 4.78 is 10.4. The average Bonchev–Trinajstić information content (AvgIpc) is 2.40. The summed E-state index contributed by atoms with van der Waals surface area (Å²) in [4.78, 5) is 22.7. The van der Waals surface area contributed by atoms with Crippen molar-refractivity contribution in [3.05, 3.63) is 23.8 Å². The molecule has 0 unspecified atom stereocenters. The fraction of sp³-hybridized carbons (Fsp3) is 0.429. The van der Waals surface area contributed by atoms with Crippen LogP contribution in [0.4, 0.5) is 0 Å². The monoisotopic (exact) mass is 250 g/mol. The van der Waals surface area contributed by atoms with Gasteiger partial charge in [-0.3, -0.25) is 9.59 Å². The molecule has 0 fully saturated rings. The van der Waals surface area contributed by atoms with Crippen LogP contribution < -0.4 is 9.47 Å². The Bertz CT molecular complexity index is 437. The molecule has 0 aliphatic rings. The first kappa shape index (κ1) is 14.2. The summed E-state index contributed by atoms with van der Waals surface area (Å²) in [5.41, 5.74) is 0.846. The number of carbonyl (C=O) groups excluding carboxylic acids is 2. The van der Waals surface area contributed by atoms with Gasteiger partial charge in [-0.1, -0.05) is 32.9 Å². The average molecular weight is 250 g/mol. The molecule has 0 N–H and O–H groups in total. The molecule has 0 atom stereocenters. The van der Waals surface area contributed by atoms with Crippen molar-refractivity contribution in [1.82, 2.24) is 0 Å². The largest absolute Gasteiger partial charge is 0.423 e. The second-order valence-corrected chi connectivity index (χ2v) is 3.75. The molecule has 0 saturated heterocycles. The summed E-state index contributed by atoms with van der Waals surface area (Å²) in [6, 6.07) is 5.26. The quantitative estimate of drug-likeness (QED) is 0.595. The van der Waals surface area contributed by atoms with Gasteiger partial charge in [-0.25, -0.2) is 0 Å². The summed E-state index contributed by atoms with van der Waals surface area (Å²) in [7, 11) is 0. The molecule has 1 aromatic rings. The van der Waals surface area contributed by atoms with Crippen LogP contribution in [-0.4, -0.2) is 11.9 Å². The zero-order valence-electron chi connectivity index (χ0n) is 11.0. The molecule has 0 aliphatic carbocycles. The van der Waals surface area contributed by atoms with Crippen LogP contribution in [0.5, 0.6) is 11.5 Å². The van der Waals surface area contributed by atoms with Crippen molar-refractivity contribution < 1.29 is 19.1 Å². The van der Waals surface area contributed by atoms with Gasteiger partial charge in [0, 0.05) is 12.8 Å². The highest BCUT2D eigenvalue weighted by Crippen LogP contribution is 2.32. The Morgan fingerprint density at radius 1 is 1.00 bits per heavy atom. The van der Waals surface area contributed by atoms with E-state index < -0.39 is 0 Å². The zero-order chi connectivity index (χ0) is 13.5. The molecule has 0 radical (unpaired) electrons. The van der Waals surface area contributed by atoms with E-state index in [1.165, 1.54) is 0 Å². The van der Waals surface area contributed by atoms with E-state index in [-0.39, 0.29) is 24.8 Å². The van der Waals surface area contributed by atoms with Gasteiger partial charge in [0.25, 0.3) is 0 Å². The normalized spacial score (nSPS) is 9.94.